The lowest BCUT2D eigenvalue weighted by Crippen LogP contribution is -2.12. The van der Waals surface area contributed by atoms with Gasteiger partial charge in [0.2, 0.25) is 0 Å². The zero-order valence-corrected chi connectivity index (χ0v) is 18.3. The highest BCUT2D eigenvalue weighted by atomic mass is 15.1. The lowest BCUT2D eigenvalue weighted by molar-refractivity contribution is 0.736. The Labute approximate surface area is 187 Å². The third kappa shape index (κ3) is 3.78. The van der Waals surface area contributed by atoms with Crippen molar-refractivity contribution in [2.75, 3.05) is 0 Å². The van der Waals surface area contributed by atoms with Crippen molar-refractivity contribution in [3.05, 3.63) is 114 Å². The number of pyridine rings is 3. The zero-order valence-electron chi connectivity index (χ0n) is 18.3. The Kier molecular flexibility index (Phi) is 5.46. The van der Waals surface area contributed by atoms with Crippen molar-refractivity contribution >= 4 is 11.0 Å². The third-order valence-corrected chi connectivity index (χ3v) is 5.78. The van der Waals surface area contributed by atoms with E-state index >= 15 is 0 Å². The molecule has 32 heavy (non-hydrogen) atoms. The summed E-state index contributed by atoms with van der Waals surface area (Å²) in [5.74, 6) is 2.34. The topological polar surface area (TPSA) is 56.5 Å². The number of fused-ring (bicyclic) bond motifs is 1. The second-order valence-electron chi connectivity index (χ2n) is 8.26. The molecule has 158 valence electrons. The van der Waals surface area contributed by atoms with Crippen LogP contribution in [-0.4, -0.2) is 24.5 Å². The molecule has 0 radical (unpaired) electrons. The van der Waals surface area contributed by atoms with Crippen LogP contribution in [0, 0.1) is 0 Å². The molecule has 5 nitrogen and oxygen atoms in total. The van der Waals surface area contributed by atoms with Crippen LogP contribution in [0.1, 0.15) is 48.2 Å². The maximum Gasteiger partial charge on any atom is 0.141 e. The van der Waals surface area contributed by atoms with Gasteiger partial charge >= 0.3 is 0 Å². The number of rotatable bonds is 6. The van der Waals surface area contributed by atoms with Crippen LogP contribution in [0.3, 0.4) is 0 Å². The van der Waals surface area contributed by atoms with Gasteiger partial charge in [0.1, 0.15) is 11.6 Å². The fraction of sp³-hybridized carbons (Fsp3) is 0.185. The molecule has 5 heteroatoms. The first-order valence-corrected chi connectivity index (χ1v) is 10.9. The Morgan fingerprint density at radius 3 is 2.12 bits per heavy atom. The van der Waals surface area contributed by atoms with Gasteiger partial charge in [0.25, 0.3) is 0 Å². The highest BCUT2D eigenvalue weighted by Crippen LogP contribution is 2.32. The highest BCUT2D eigenvalue weighted by Gasteiger charge is 2.22. The molecule has 0 aliphatic heterocycles. The maximum atomic E-state index is 4.93. The van der Waals surface area contributed by atoms with Gasteiger partial charge in [-0.05, 0) is 53.4 Å². The van der Waals surface area contributed by atoms with Crippen LogP contribution in [0.2, 0.25) is 0 Å². The molecular formula is C27H25N5. The molecular weight excluding hydrogens is 394 g/mol. The largest absolute Gasteiger partial charge is 0.280 e. The molecule has 0 atom stereocenters. The van der Waals surface area contributed by atoms with E-state index in [4.69, 9.17) is 9.97 Å². The van der Waals surface area contributed by atoms with E-state index in [-0.39, 0.29) is 11.8 Å². The minimum absolute atomic E-state index is 0.123. The molecule has 0 aliphatic carbocycles. The molecule has 0 spiro atoms. The summed E-state index contributed by atoms with van der Waals surface area (Å²) < 4.78 is 2.22. The van der Waals surface area contributed by atoms with Gasteiger partial charge in [0.15, 0.2) is 0 Å². The molecule has 0 unspecified atom stereocenters. The molecule has 0 aliphatic rings. The Bertz CT molecular complexity index is 1290. The van der Waals surface area contributed by atoms with Crippen LogP contribution < -0.4 is 0 Å². The predicted octanol–water partition coefficient (Wildman–Crippen LogP) is 5.71. The second-order valence-corrected chi connectivity index (χ2v) is 8.26. The van der Waals surface area contributed by atoms with Crippen molar-refractivity contribution in [3.63, 3.8) is 0 Å². The number of hydrogen-bond donors (Lipinski definition) is 0. The van der Waals surface area contributed by atoms with Crippen LogP contribution in [0.15, 0.2) is 91.6 Å². The lowest BCUT2D eigenvalue weighted by Gasteiger charge is -2.20. The minimum atomic E-state index is 0.123. The van der Waals surface area contributed by atoms with Crippen LogP contribution in [0.4, 0.5) is 0 Å². The summed E-state index contributed by atoms with van der Waals surface area (Å²) in [7, 11) is 0. The number of imidazole rings is 1. The number of aromatic nitrogens is 5. The van der Waals surface area contributed by atoms with Gasteiger partial charge in [-0.1, -0.05) is 44.2 Å². The summed E-state index contributed by atoms with van der Waals surface area (Å²) in [6.45, 7) is 4.35. The van der Waals surface area contributed by atoms with E-state index in [0.717, 1.165) is 45.8 Å². The second kappa shape index (κ2) is 8.71. The predicted molar refractivity (Wildman–Crippen MR) is 127 cm³/mol. The van der Waals surface area contributed by atoms with Crippen molar-refractivity contribution in [1.29, 1.82) is 0 Å². The molecule has 0 saturated heterocycles. The van der Waals surface area contributed by atoms with Crippen molar-refractivity contribution in [2.45, 2.75) is 32.1 Å². The van der Waals surface area contributed by atoms with Gasteiger partial charge in [0, 0.05) is 42.8 Å². The monoisotopic (exact) mass is 419 g/mol. The first kappa shape index (κ1) is 20.1. The fourth-order valence-corrected chi connectivity index (χ4v) is 4.26. The molecule has 0 saturated carbocycles. The summed E-state index contributed by atoms with van der Waals surface area (Å²) in [6.07, 6.45) is 10.2. The zero-order chi connectivity index (χ0) is 21.9. The van der Waals surface area contributed by atoms with Crippen molar-refractivity contribution in [2.24, 2.45) is 0 Å². The van der Waals surface area contributed by atoms with Gasteiger partial charge in [0.05, 0.1) is 11.0 Å². The van der Waals surface area contributed by atoms with Gasteiger partial charge in [-0.25, -0.2) is 9.97 Å². The van der Waals surface area contributed by atoms with Gasteiger partial charge in [-0.3, -0.25) is 14.5 Å². The summed E-state index contributed by atoms with van der Waals surface area (Å²) >= 11 is 0. The molecule has 1 aromatic carbocycles. The van der Waals surface area contributed by atoms with Crippen molar-refractivity contribution in [1.82, 2.24) is 24.5 Å². The summed E-state index contributed by atoms with van der Waals surface area (Å²) in [5.41, 5.74) is 5.55. The van der Waals surface area contributed by atoms with E-state index in [1.54, 1.807) is 0 Å². The van der Waals surface area contributed by atoms with Crippen LogP contribution in [0.25, 0.3) is 16.9 Å². The van der Waals surface area contributed by atoms with E-state index < -0.39 is 0 Å². The SMILES string of the molecule is CC(C)c1nc2ccccc2n1-c1ncccc1CC(c1cccnc1)c1cccnc1. The van der Waals surface area contributed by atoms with Crippen LogP contribution >= 0.6 is 0 Å². The fourth-order valence-electron chi connectivity index (χ4n) is 4.26. The molecule has 0 bridgehead atoms. The summed E-state index contributed by atoms with van der Waals surface area (Å²) in [6, 6.07) is 20.7. The molecule has 0 fully saturated rings. The summed E-state index contributed by atoms with van der Waals surface area (Å²) in [4.78, 5) is 18.5. The number of hydrogen-bond acceptors (Lipinski definition) is 4. The number of nitrogens with zero attached hydrogens (tertiary/aromatic N) is 5. The standard InChI is InChI=1S/C27H25N5/c1-19(2)26-31-24-11-3-4-12-25(24)32(26)27-20(8-7-15-30-27)16-23(21-9-5-13-28-17-21)22-10-6-14-29-18-22/h3-15,17-19,23H,16H2,1-2H3. The van der Waals surface area contributed by atoms with Crippen LogP contribution in [-0.2, 0) is 6.42 Å². The van der Waals surface area contributed by atoms with Gasteiger partial charge in [-0.15, -0.1) is 0 Å². The Morgan fingerprint density at radius 1 is 0.781 bits per heavy atom. The smallest absolute Gasteiger partial charge is 0.141 e. The van der Waals surface area contributed by atoms with Crippen LogP contribution in [0.5, 0.6) is 0 Å². The third-order valence-electron chi connectivity index (χ3n) is 5.78. The normalized spacial score (nSPS) is 11.5. The van der Waals surface area contributed by atoms with E-state index in [1.807, 2.05) is 55.2 Å². The first-order chi connectivity index (χ1) is 15.7. The molecule has 4 aromatic heterocycles. The Balaban J connectivity index is 1.66. The first-order valence-electron chi connectivity index (χ1n) is 10.9. The average molecular weight is 420 g/mol. The highest BCUT2D eigenvalue weighted by molar-refractivity contribution is 5.78. The number of para-hydroxylation sites is 2. The van der Waals surface area contributed by atoms with Crippen molar-refractivity contribution < 1.29 is 0 Å². The Hall–Kier alpha value is -3.86. The lowest BCUT2D eigenvalue weighted by atomic mass is 9.87. The average Bonchev–Trinajstić information content (AvgIpc) is 3.24. The van der Waals surface area contributed by atoms with E-state index in [2.05, 4.69) is 64.8 Å². The van der Waals surface area contributed by atoms with E-state index in [9.17, 15) is 0 Å². The Morgan fingerprint density at radius 2 is 1.47 bits per heavy atom. The molecule has 4 heterocycles. The molecule has 0 amide bonds. The molecule has 5 rings (SSSR count). The molecule has 5 aromatic rings. The van der Waals surface area contributed by atoms with E-state index in [0.29, 0.717) is 0 Å². The quantitative estimate of drug-likeness (QED) is 0.354. The summed E-state index contributed by atoms with van der Waals surface area (Å²) in [5, 5.41) is 0. The maximum absolute atomic E-state index is 4.93. The van der Waals surface area contributed by atoms with Gasteiger partial charge in [-0.2, -0.15) is 0 Å². The van der Waals surface area contributed by atoms with E-state index in [1.165, 1.54) is 0 Å². The van der Waals surface area contributed by atoms with Crippen molar-refractivity contribution in [3.8, 4) is 5.82 Å². The molecule has 0 N–H and O–H groups in total. The minimum Gasteiger partial charge on any atom is -0.280 e. The number of benzene rings is 1. The van der Waals surface area contributed by atoms with Gasteiger partial charge < -0.3 is 0 Å².